The maximum absolute atomic E-state index is 11.4. The SMILES string of the molecule is C[C@H]1C[C@@](O)(c2ccc3cnn(C)c3c2)C[C@@H](c2cn(C)nn2)N1. The van der Waals surface area contributed by atoms with Gasteiger partial charge in [-0.1, -0.05) is 17.3 Å². The second-order valence-corrected chi connectivity index (χ2v) is 6.92. The van der Waals surface area contributed by atoms with Gasteiger partial charge < -0.3 is 10.4 Å². The van der Waals surface area contributed by atoms with Crippen molar-refractivity contribution in [2.45, 2.75) is 37.5 Å². The zero-order chi connectivity index (χ0) is 16.9. The Morgan fingerprint density at radius 2 is 2.12 bits per heavy atom. The predicted molar refractivity (Wildman–Crippen MR) is 90.2 cm³/mol. The van der Waals surface area contributed by atoms with Gasteiger partial charge in [0.05, 0.1) is 29.1 Å². The molecule has 7 nitrogen and oxygen atoms in total. The van der Waals surface area contributed by atoms with Crippen LogP contribution in [0.25, 0.3) is 10.9 Å². The highest BCUT2D eigenvalue weighted by Crippen LogP contribution is 2.40. The van der Waals surface area contributed by atoms with Gasteiger partial charge in [0.1, 0.15) is 0 Å². The second kappa shape index (κ2) is 5.39. The van der Waals surface area contributed by atoms with Crippen molar-refractivity contribution >= 4 is 10.9 Å². The Hall–Kier alpha value is -2.25. The summed E-state index contributed by atoms with van der Waals surface area (Å²) in [5.41, 5.74) is 1.93. The Balaban J connectivity index is 1.72. The number of aliphatic hydroxyl groups is 1. The Bertz CT molecular complexity index is 884. The van der Waals surface area contributed by atoms with Crippen LogP contribution in [0.5, 0.6) is 0 Å². The summed E-state index contributed by atoms with van der Waals surface area (Å²) in [4.78, 5) is 0. The first-order valence-corrected chi connectivity index (χ1v) is 8.21. The van der Waals surface area contributed by atoms with E-state index >= 15 is 0 Å². The summed E-state index contributed by atoms with van der Waals surface area (Å²) >= 11 is 0. The molecular weight excluding hydrogens is 304 g/mol. The summed E-state index contributed by atoms with van der Waals surface area (Å²) in [5, 5.41) is 28.5. The largest absolute Gasteiger partial charge is 0.385 e. The van der Waals surface area contributed by atoms with E-state index in [1.54, 1.807) is 4.68 Å². The van der Waals surface area contributed by atoms with E-state index in [-0.39, 0.29) is 12.1 Å². The third kappa shape index (κ3) is 2.50. The third-order valence-electron chi connectivity index (χ3n) is 4.94. The minimum absolute atomic E-state index is 0.0188. The highest BCUT2D eigenvalue weighted by molar-refractivity contribution is 5.79. The molecule has 1 fully saturated rings. The van der Waals surface area contributed by atoms with E-state index in [0.717, 1.165) is 22.2 Å². The number of fused-ring (bicyclic) bond motifs is 1. The van der Waals surface area contributed by atoms with E-state index < -0.39 is 5.60 Å². The van der Waals surface area contributed by atoms with Crippen LogP contribution in [-0.2, 0) is 19.7 Å². The molecule has 1 saturated heterocycles. The molecule has 7 heteroatoms. The summed E-state index contributed by atoms with van der Waals surface area (Å²) in [6.45, 7) is 2.09. The van der Waals surface area contributed by atoms with Crippen molar-refractivity contribution in [3.05, 3.63) is 41.9 Å². The Morgan fingerprint density at radius 3 is 2.88 bits per heavy atom. The zero-order valence-electron chi connectivity index (χ0n) is 14.1. The number of nitrogens with one attached hydrogen (secondary N) is 1. The first-order valence-electron chi connectivity index (χ1n) is 8.21. The number of rotatable bonds is 2. The molecule has 0 bridgehead atoms. The smallest absolute Gasteiger partial charge is 0.0997 e. The van der Waals surface area contributed by atoms with Crippen molar-refractivity contribution in [2.75, 3.05) is 0 Å². The fourth-order valence-electron chi connectivity index (χ4n) is 3.77. The lowest BCUT2D eigenvalue weighted by Crippen LogP contribution is -2.47. The van der Waals surface area contributed by atoms with E-state index in [2.05, 4.69) is 27.7 Å². The Labute approximate surface area is 140 Å². The fraction of sp³-hybridized carbons (Fsp3) is 0.471. The van der Waals surface area contributed by atoms with Crippen molar-refractivity contribution in [2.24, 2.45) is 14.1 Å². The molecule has 3 heterocycles. The maximum Gasteiger partial charge on any atom is 0.0997 e. The van der Waals surface area contributed by atoms with Crippen molar-refractivity contribution in [3.63, 3.8) is 0 Å². The van der Waals surface area contributed by atoms with Crippen LogP contribution in [0.3, 0.4) is 0 Å². The van der Waals surface area contributed by atoms with Crippen LogP contribution in [0, 0.1) is 0 Å². The highest BCUT2D eigenvalue weighted by Gasteiger charge is 2.40. The molecule has 4 rings (SSSR count). The normalized spacial score (nSPS) is 27.7. The molecule has 1 aromatic carbocycles. The molecule has 3 aromatic rings. The van der Waals surface area contributed by atoms with Crippen molar-refractivity contribution in [1.29, 1.82) is 0 Å². The summed E-state index contributed by atoms with van der Waals surface area (Å²) in [6.07, 6.45) is 4.98. The quantitative estimate of drug-likeness (QED) is 0.744. The van der Waals surface area contributed by atoms with Crippen LogP contribution in [0.4, 0.5) is 0 Å². The van der Waals surface area contributed by atoms with Gasteiger partial charge in [-0.25, -0.2) is 0 Å². The van der Waals surface area contributed by atoms with Gasteiger partial charge >= 0.3 is 0 Å². The zero-order valence-corrected chi connectivity index (χ0v) is 14.1. The third-order valence-corrected chi connectivity index (χ3v) is 4.94. The van der Waals surface area contributed by atoms with Crippen LogP contribution < -0.4 is 5.32 Å². The van der Waals surface area contributed by atoms with Gasteiger partial charge in [-0.05, 0) is 25.0 Å². The van der Waals surface area contributed by atoms with Crippen LogP contribution >= 0.6 is 0 Å². The molecule has 2 N–H and O–H groups in total. The van der Waals surface area contributed by atoms with E-state index in [9.17, 15) is 5.11 Å². The number of nitrogens with zero attached hydrogens (tertiary/aromatic N) is 5. The monoisotopic (exact) mass is 326 g/mol. The number of hydrogen-bond donors (Lipinski definition) is 2. The molecule has 126 valence electrons. The van der Waals surface area contributed by atoms with Gasteiger partial charge in [0.2, 0.25) is 0 Å². The molecule has 24 heavy (non-hydrogen) atoms. The molecule has 0 saturated carbocycles. The molecule has 0 spiro atoms. The lowest BCUT2D eigenvalue weighted by Gasteiger charge is -2.40. The van der Waals surface area contributed by atoms with E-state index in [0.29, 0.717) is 12.8 Å². The van der Waals surface area contributed by atoms with Crippen LogP contribution in [0.1, 0.15) is 37.1 Å². The predicted octanol–water partition coefficient (Wildman–Crippen LogP) is 1.40. The summed E-state index contributed by atoms with van der Waals surface area (Å²) in [6, 6.07) is 6.25. The van der Waals surface area contributed by atoms with E-state index in [1.807, 2.05) is 49.4 Å². The lowest BCUT2D eigenvalue weighted by molar-refractivity contribution is -0.0234. The van der Waals surface area contributed by atoms with Crippen molar-refractivity contribution in [3.8, 4) is 0 Å². The van der Waals surface area contributed by atoms with Gasteiger partial charge in [-0.15, -0.1) is 5.10 Å². The highest BCUT2D eigenvalue weighted by atomic mass is 16.3. The molecule has 0 unspecified atom stereocenters. The maximum atomic E-state index is 11.4. The molecule has 0 aliphatic carbocycles. The first-order chi connectivity index (χ1) is 11.4. The summed E-state index contributed by atoms with van der Waals surface area (Å²) in [5.74, 6) is 0. The molecular formula is C17H22N6O. The average molecular weight is 326 g/mol. The van der Waals surface area contributed by atoms with Crippen molar-refractivity contribution < 1.29 is 5.11 Å². The number of aromatic nitrogens is 5. The number of hydrogen-bond acceptors (Lipinski definition) is 5. The standard InChI is InChI=1S/C17H22N6O/c1-11-7-17(24,8-14(19-11)15-10-22(2)21-20-15)13-5-4-12-9-18-23(3)16(12)6-13/h4-6,9-11,14,19,24H,7-8H2,1-3H3/t11-,14-,17-/m0/s1. The van der Waals surface area contributed by atoms with Gasteiger partial charge in [0.25, 0.3) is 0 Å². The van der Waals surface area contributed by atoms with Crippen LogP contribution in [-0.4, -0.2) is 35.9 Å². The number of piperidine rings is 1. The fourth-order valence-corrected chi connectivity index (χ4v) is 3.77. The van der Waals surface area contributed by atoms with Crippen LogP contribution in [0.2, 0.25) is 0 Å². The first kappa shape index (κ1) is 15.3. The van der Waals surface area contributed by atoms with E-state index in [1.165, 1.54) is 0 Å². The average Bonchev–Trinajstić information content (AvgIpc) is 3.13. The molecule has 3 atom stereocenters. The molecule has 0 amide bonds. The molecule has 2 aromatic heterocycles. The minimum Gasteiger partial charge on any atom is -0.385 e. The topological polar surface area (TPSA) is 80.8 Å². The van der Waals surface area contributed by atoms with Gasteiger partial charge in [0.15, 0.2) is 0 Å². The Morgan fingerprint density at radius 1 is 1.29 bits per heavy atom. The minimum atomic E-state index is -0.898. The van der Waals surface area contributed by atoms with Gasteiger partial charge in [0, 0.05) is 38.1 Å². The van der Waals surface area contributed by atoms with E-state index in [4.69, 9.17) is 0 Å². The number of benzene rings is 1. The van der Waals surface area contributed by atoms with Gasteiger partial charge in [-0.2, -0.15) is 5.10 Å². The summed E-state index contributed by atoms with van der Waals surface area (Å²) in [7, 11) is 3.77. The molecule has 0 radical (unpaired) electrons. The second-order valence-electron chi connectivity index (χ2n) is 6.92. The molecule has 1 aliphatic rings. The summed E-state index contributed by atoms with van der Waals surface area (Å²) < 4.78 is 3.53. The number of aryl methyl sites for hydroxylation is 2. The lowest BCUT2D eigenvalue weighted by atomic mass is 9.78. The molecule has 1 aliphatic heterocycles. The Kier molecular flexibility index (Phi) is 3.43. The van der Waals surface area contributed by atoms with Crippen molar-refractivity contribution in [1.82, 2.24) is 30.1 Å². The van der Waals surface area contributed by atoms with Gasteiger partial charge in [-0.3, -0.25) is 9.36 Å². The van der Waals surface area contributed by atoms with Crippen LogP contribution in [0.15, 0.2) is 30.6 Å².